The van der Waals surface area contributed by atoms with Gasteiger partial charge in [0.15, 0.2) is 6.10 Å². The Balaban J connectivity index is 1.74. The van der Waals surface area contributed by atoms with Crippen LogP contribution >= 0.6 is 23.4 Å². The van der Waals surface area contributed by atoms with Gasteiger partial charge in [-0.15, -0.1) is 23.4 Å². The van der Waals surface area contributed by atoms with Gasteiger partial charge in [-0.3, -0.25) is 19.3 Å². The highest BCUT2D eigenvalue weighted by Crippen LogP contribution is 2.40. The first-order chi connectivity index (χ1) is 15.2. The Labute approximate surface area is 192 Å². The summed E-state index contributed by atoms with van der Waals surface area (Å²) >= 11 is 7.14. The summed E-state index contributed by atoms with van der Waals surface area (Å²) in [6.45, 7) is 0.957. The molecule has 1 aromatic rings. The maximum absolute atomic E-state index is 12.7. The van der Waals surface area contributed by atoms with Crippen molar-refractivity contribution in [1.29, 1.82) is 0 Å². The number of carbonyl (C=O) groups excluding carboxylic acids is 3. The fourth-order valence-corrected chi connectivity index (χ4v) is 5.01. The van der Waals surface area contributed by atoms with Crippen LogP contribution in [0.3, 0.4) is 0 Å². The van der Waals surface area contributed by atoms with Crippen LogP contribution in [0.15, 0.2) is 29.5 Å². The van der Waals surface area contributed by atoms with Crippen molar-refractivity contribution < 1.29 is 38.9 Å². The molecule has 0 aromatic heterocycles. The molecule has 2 amide bonds. The zero-order valence-electron chi connectivity index (χ0n) is 17.2. The molecule has 1 saturated heterocycles. The van der Waals surface area contributed by atoms with E-state index in [2.05, 4.69) is 5.32 Å². The molecule has 3 rings (SSSR count). The van der Waals surface area contributed by atoms with E-state index in [1.807, 2.05) is 0 Å². The van der Waals surface area contributed by atoms with E-state index in [4.69, 9.17) is 21.1 Å². The second-order valence-electron chi connectivity index (χ2n) is 7.03. The highest BCUT2D eigenvalue weighted by molar-refractivity contribution is 8.00. The van der Waals surface area contributed by atoms with E-state index in [0.717, 1.165) is 4.90 Å². The zero-order chi connectivity index (χ0) is 23.6. The minimum absolute atomic E-state index is 0.0311. The van der Waals surface area contributed by atoms with Gasteiger partial charge in [0.2, 0.25) is 0 Å². The monoisotopic (exact) mass is 484 g/mol. The smallest absolute Gasteiger partial charge is 0.352 e. The van der Waals surface area contributed by atoms with Gasteiger partial charge in [0, 0.05) is 24.1 Å². The number of methoxy groups -OCH3 is 1. The third kappa shape index (κ3) is 4.54. The molecule has 0 saturated carbocycles. The summed E-state index contributed by atoms with van der Waals surface area (Å²) in [4.78, 5) is 49.2. The Morgan fingerprint density at radius 1 is 1.38 bits per heavy atom. The highest BCUT2D eigenvalue weighted by Gasteiger charge is 2.54. The van der Waals surface area contributed by atoms with E-state index in [0.29, 0.717) is 11.3 Å². The van der Waals surface area contributed by atoms with Gasteiger partial charge in [-0.2, -0.15) is 0 Å². The van der Waals surface area contributed by atoms with Gasteiger partial charge in [-0.1, -0.05) is 6.07 Å². The number of hydrogen-bond acceptors (Lipinski definition) is 8. The molecule has 2 aliphatic heterocycles. The molecule has 0 aliphatic carbocycles. The number of amides is 2. The Morgan fingerprint density at radius 3 is 2.69 bits per heavy atom. The number of esters is 1. The fourth-order valence-electron chi connectivity index (χ4n) is 3.45. The Kier molecular flexibility index (Phi) is 7.32. The number of halogens is 1. The van der Waals surface area contributed by atoms with Crippen LogP contribution in [0, 0.1) is 0 Å². The van der Waals surface area contributed by atoms with E-state index in [1.165, 1.54) is 31.9 Å². The van der Waals surface area contributed by atoms with Crippen molar-refractivity contribution in [2.75, 3.05) is 19.5 Å². The normalized spacial score (nSPS) is 20.8. The lowest BCUT2D eigenvalue weighted by Crippen LogP contribution is -2.71. The number of alkyl halides is 1. The topological polar surface area (TPSA) is 142 Å². The second-order valence-corrected chi connectivity index (χ2v) is 8.41. The van der Waals surface area contributed by atoms with Gasteiger partial charge in [0.1, 0.15) is 29.5 Å². The van der Waals surface area contributed by atoms with Gasteiger partial charge in [0.05, 0.1) is 7.11 Å². The molecule has 12 heteroatoms. The molecule has 3 unspecified atom stereocenters. The van der Waals surface area contributed by atoms with E-state index in [9.17, 15) is 29.4 Å². The first-order valence-electron chi connectivity index (χ1n) is 9.44. The lowest BCUT2D eigenvalue weighted by Gasteiger charge is -2.49. The maximum Gasteiger partial charge on any atom is 0.352 e. The van der Waals surface area contributed by atoms with Crippen LogP contribution in [0.4, 0.5) is 0 Å². The third-order valence-electron chi connectivity index (χ3n) is 5.03. The maximum atomic E-state index is 12.7. The van der Waals surface area contributed by atoms with E-state index < -0.39 is 41.3 Å². The quantitative estimate of drug-likeness (QED) is 0.277. The summed E-state index contributed by atoms with van der Waals surface area (Å²) in [6.07, 6.45) is -1.58. The van der Waals surface area contributed by atoms with Gasteiger partial charge in [-0.25, -0.2) is 4.79 Å². The standard InChI is InChI=1S/C20H21ClN2O8S/c1-9(24)31-7-11-8-32-19-14(18(27)23(19)15(11)20(28)29)22-17(26)16(25)13-4-3-12(30-2)5-10(13)6-21/h3-5,14,16,19,25H,6-8H2,1-2H3,(H,22,26)(H,28,29). The number of aliphatic carboxylic acids is 1. The highest BCUT2D eigenvalue weighted by atomic mass is 35.5. The predicted octanol–water partition coefficient (Wildman–Crippen LogP) is 0.769. The fraction of sp³-hybridized carbons (Fsp3) is 0.400. The van der Waals surface area contributed by atoms with Gasteiger partial charge >= 0.3 is 11.9 Å². The van der Waals surface area contributed by atoms with Crippen molar-refractivity contribution >= 4 is 47.1 Å². The molecule has 3 atom stereocenters. The molecule has 0 bridgehead atoms. The largest absolute Gasteiger partial charge is 0.497 e. The van der Waals surface area contributed by atoms with Crippen molar-refractivity contribution in [2.45, 2.75) is 30.3 Å². The van der Waals surface area contributed by atoms with Crippen molar-refractivity contribution in [3.63, 3.8) is 0 Å². The molecular weight excluding hydrogens is 464 g/mol. The Morgan fingerprint density at radius 2 is 2.09 bits per heavy atom. The van der Waals surface area contributed by atoms with Crippen molar-refractivity contribution in [1.82, 2.24) is 10.2 Å². The third-order valence-corrected chi connectivity index (χ3v) is 6.66. The van der Waals surface area contributed by atoms with Crippen molar-refractivity contribution in [3.05, 3.63) is 40.6 Å². The number of nitrogens with zero attached hydrogens (tertiary/aromatic N) is 1. The Bertz CT molecular complexity index is 998. The van der Waals surface area contributed by atoms with Crippen LogP contribution in [-0.4, -0.2) is 69.8 Å². The molecule has 0 spiro atoms. The number of aliphatic hydroxyl groups is 1. The first kappa shape index (κ1) is 23.9. The number of β-lactam (4-membered cyclic amide) rings is 1. The summed E-state index contributed by atoms with van der Waals surface area (Å²) < 4.78 is 9.99. The summed E-state index contributed by atoms with van der Waals surface area (Å²) in [5.41, 5.74) is 0.796. The minimum Gasteiger partial charge on any atom is -0.497 e. The van der Waals surface area contributed by atoms with E-state index in [-0.39, 0.29) is 35.1 Å². The van der Waals surface area contributed by atoms with Crippen LogP contribution in [0.25, 0.3) is 0 Å². The summed E-state index contributed by atoms with van der Waals surface area (Å²) in [5.74, 6) is -2.60. The zero-order valence-corrected chi connectivity index (χ0v) is 18.7. The van der Waals surface area contributed by atoms with E-state index in [1.54, 1.807) is 12.1 Å². The second kappa shape index (κ2) is 9.80. The minimum atomic E-state index is -1.58. The Hall–Kier alpha value is -2.76. The van der Waals surface area contributed by atoms with Crippen LogP contribution in [0.1, 0.15) is 24.2 Å². The number of ether oxygens (including phenoxy) is 2. The van der Waals surface area contributed by atoms with Crippen LogP contribution < -0.4 is 10.1 Å². The molecule has 0 radical (unpaired) electrons. The molecule has 1 fully saturated rings. The average Bonchev–Trinajstić information content (AvgIpc) is 2.78. The number of hydrogen-bond donors (Lipinski definition) is 3. The number of aliphatic hydroxyl groups excluding tert-OH is 1. The van der Waals surface area contributed by atoms with Gasteiger partial charge < -0.3 is 25.0 Å². The summed E-state index contributed by atoms with van der Waals surface area (Å²) in [7, 11) is 1.48. The number of carbonyl (C=O) groups is 4. The molecule has 3 N–H and O–H groups in total. The van der Waals surface area contributed by atoms with Gasteiger partial charge in [-0.05, 0) is 23.3 Å². The lowest BCUT2D eigenvalue weighted by atomic mass is 10.00. The predicted molar refractivity (Wildman–Crippen MR) is 114 cm³/mol. The van der Waals surface area contributed by atoms with Crippen molar-refractivity contribution in [3.8, 4) is 5.75 Å². The number of thioether (sulfide) groups is 1. The summed E-state index contributed by atoms with van der Waals surface area (Å²) in [5, 5.41) is 21.9. The molecular formula is C20H21ClN2O8S. The van der Waals surface area contributed by atoms with Crippen LogP contribution in [0.5, 0.6) is 5.75 Å². The van der Waals surface area contributed by atoms with Crippen LogP contribution in [-0.2, 0) is 29.8 Å². The number of carboxylic acid groups (broad SMARTS) is 1. The molecule has 32 heavy (non-hydrogen) atoms. The lowest BCUT2D eigenvalue weighted by molar-refractivity contribution is -0.152. The van der Waals surface area contributed by atoms with E-state index >= 15 is 0 Å². The van der Waals surface area contributed by atoms with Crippen molar-refractivity contribution in [2.24, 2.45) is 0 Å². The molecule has 10 nitrogen and oxygen atoms in total. The van der Waals surface area contributed by atoms with Gasteiger partial charge in [0.25, 0.3) is 11.8 Å². The first-order valence-corrected chi connectivity index (χ1v) is 11.0. The number of carboxylic acids is 1. The number of rotatable bonds is 8. The SMILES string of the molecule is COc1ccc(C(O)C(=O)NC2C(=O)N3C(C(=O)O)=C(COC(C)=O)CSC23)c(CCl)c1. The molecule has 172 valence electrons. The molecule has 1 aromatic carbocycles. The number of fused-ring (bicyclic) bond motifs is 1. The summed E-state index contributed by atoms with van der Waals surface area (Å²) in [6, 6.07) is 3.67. The molecule has 2 aliphatic rings. The average molecular weight is 485 g/mol. The number of nitrogens with one attached hydrogen (secondary N) is 1. The van der Waals surface area contributed by atoms with Crippen LogP contribution in [0.2, 0.25) is 0 Å². The number of benzene rings is 1. The molecule has 2 heterocycles.